The van der Waals surface area contributed by atoms with E-state index in [9.17, 15) is 23.1 Å². The molecule has 1 aromatic carbocycles. The minimum Gasteiger partial charge on any atom is -0.393 e. The zero-order valence-electron chi connectivity index (χ0n) is 20.7. The van der Waals surface area contributed by atoms with E-state index in [2.05, 4.69) is 5.48 Å². The van der Waals surface area contributed by atoms with Crippen LogP contribution < -0.4 is 11.0 Å². The normalized spacial score (nSPS) is 23.9. The third-order valence-corrected chi connectivity index (χ3v) is 9.40. The average Bonchev–Trinajstić information content (AvgIpc) is 2.84. The van der Waals surface area contributed by atoms with E-state index < -0.39 is 26.8 Å². The van der Waals surface area contributed by atoms with E-state index >= 15 is 0 Å². The molecular weight excluding hydrogens is 484 g/mol. The number of carbonyl (C=O) groups excluding carboxylic acids is 1. The number of carbonyl (C=O) groups is 1. The van der Waals surface area contributed by atoms with Crippen LogP contribution in [0.3, 0.4) is 0 Å². The maximum atomic E-state index is 12.8. The number of aromatic nitrogens is 1. The molecule has 2 atom stereocenters. The summed E-state index contributed by atoms with van der Waals surface area (Å²) in [6.07, 6.45) is 5.69. The van der Waals surface area contributed by atoms with Crippen LogP contribution >= 0.6 is 0 Å². The Bertz CT molecular complexity index is 1230. The van der Waals surface area contributed by atoms with Gasteiger partial charge < -0.3 is 14.4 Å². The predicted octanol–water partition coefficient (Wildman–Crippen LogP) is 2.52. The van der Waals surface area contributed by atoms with Crippen molar-refractivity contribution >= 4 is 15.7 Å². The second kappa shape index (κ2) is 10.8. The number of rotatable bonds is 9. The zero-order valence-corrected chi connectivity index (χ0v) is 21.5. The van der Waals surface area contributed by atoms with Crippen LogP contribution in [-0.2, 0) is 30.8 Å². The molecule has 1 amide bonds. The van der Waals surface area contributed by atoms with Gasteiger partial charge in [-0.3, -0.25) is 9.59 Å². The lowest BCUT2D eigenvalue weighted by Gasteiger charge is -2.31. The summed E-state index contributed by atoms with van der Waals surface area (Å²) >= 11 is 0. The van der Waals surface area contributed by atoms with Gasteiger partial charge in [-0.05, 0) is 67.7 Å². The van der Waals surface area contributed by atoms with Crippen LogP contribution in [0.2, 0.25) is 0 Å². The highest BCUT2D eigenvalue weighted by molar-refractivity contribution is 7.92. The van der Waals surface area contributed by atoms with Crippen LogP contribution in [0.4, 0.5) is 0 Å². The number of amides is 1. The summed E-state index contributed by atoms with van der Waals surface area (Å²) in [6.45, 7) is 1.90. The molecule has 0 spiro atoms. The molecule has 1 unspecified atom stereocenters. The lowest BCUT2D eigenvalue weighted by molar-refractivity contribution is -0.201. The highest BCUT2D eigenvalue weighted by Gasteiger charge is 2.44. The number of aryl methyl sites for hydroxylation is 1. The number of nitrogens with one attached hydrogen (secondary N) is 1. The lowest BCUT2D eigenvalue weighted by Crippen LogP contribution is -2.51. The second-order valence-corrected chi connectivity index (χ2v) is 12.4. The van der Waals surface area contributed by atoms with Crippen LogP contribution in [0.15, 0.2) is 47.4 Å². The smallest absolute Gasteiger partial charge is 0.264 e. The molecule has 196 valence electrons. The molecule has 1 aliphatic heterocycles. The van der Waals surface area contributed by atoms with Gasteiger partial charge in [0.1, 0.15) is 0 Å². The molecule has 1 saturated heterocycles. The van der Waals surface area contributed by atoms with E-state index in [0.29, 0.717) is 18.9 Å². The average molecular weight is 519 g/mol. The number of pyridine rings is 1. The Kier molecular flexibility index (Phi) is 7.99. The topological polar surface area (TPSA) is 124 Å². The SMILES string of the molecule is C[C@@](CCn1ccc(-c2ccc([C@H]3C[C@H](O)C3)cc2)cc1=O)(C(=O)NOC1CCCCO1)S(C)(=O)=O. The summed E-state index contributed by atoms with van der Waals surface area (Å²) in [4.78, 5) is 30.9. The first kappa shape index (κ1) is 26.5. The molecule has 1 saturated carbocycles. The van der Waals surface area contributed by atoms with E-state index in [1.165, 1.54) is 23.1 Å². The predicted molar refractivity (Wildman–Crippen MR) is 135 cm³/mol. The quantitative estimate of drug-likeness (QED) is 0.489. The third-order valence-electron chi connectivity index (χ3n) is 7.37. The molecule has 2 fully saturated rings. The van der Waals surface area contributed by atoms with Crippen molar-refractivity contribution in [3.8, 4) is 11.1 Å². The fourth-order valence-electron chi connectivity index (χ4n) is 4.51. The summed E-state index contributed by atoms with van der Waals surface area (Å²) < 4.78 is 30.1. The minimum absolute atomic E-state index is 0.0407. The monoisotopic (exact) mass is 518 g/mol. The van der Waals surface area contributed by atoms with Crippen molar-refractivity contribution in [2.45, 2.75) is 75.1 Å². The summed E-state index contributed by atoms with van der Waals surface area (Å²) in [6, 6.07) is 11.3. The third kappa shape index (κ3) is 5.88. The second-order valence-electron chi connectivity index (χ2n) is 9.99. The molecule has 1 aromatic heterocycles. The van der Waals surface area contributed by atoms with Crippen LogP contribution in [0.5, 0.6) is 0 Å². The molecule has 10 heteroatoms. The summed E-state index contributed by atoms with van der Waals surface area (Å²) in [5.41, 5.74) is 4.79. The zero-order chi connectivity index (χ0) is 25.9. The summed E-state index contributed by atoms with van der Waals surface area (Å²) in [7, 11) is -3.83. The molecule has 0 radical (unpaired) electrons. The van der Waals surface area contributed by atoms with Crippen molar-refractivity contribution < 1.29 is 27.9 Å². The van der Waals surface area contributed by atoms with Crippen LogP contribution in [-0.4, -0.2) is 54.0 Å². The maximum Gasteiger partial charge on any atom is 0.264 e. The van der Waals surface area contributed by atoms with E-state index in [0.717, 1.165) is 43.1 Å². The van der Waals surface area contributed by atoms with Gasteiger partial charge in [0.25, 0.3) is 11.5 Å². The van der Waals surface area contributed by atoms with Gasteiger partial charge in [0.05, 0.1) is 6.10 Å². The Hall–Kier alpha value is -2.53. The van der Waals surface area contributed by atoms with Crippen LogP contribution in [0, 0.1) is 0 Å². The summed E-state index contributed by atoms with van der Waals surface area (Å²) in [5, 5.41) is 9.51. The van der Waals surface area contributed by atoms with Gasteiger partial charge in [0, 0.05) is 38.1 Å². The van der Waals surface area contributed by atoms with Crippen molar-refractivity contribution in [2.24, 2.45) is 0 Å². The Balaban J connectivity index is 1.41. The van der Waals surface area contributed by atoms with Gasteiger partial charge in [0.15, 0.2) is 20.9 Å². The number of hydrogen-bond donors (Lipinski definition) is 2. The van der Waals surface area contributed by atoms with Crippen molar-refractivity contribution in [3.05, 3.63) is 58.5 Å². The number of sulfone groups is 1. The molecule has 0 bridgehead atoms. The van der Waals surface area contributed by atoms with Gasteiger partial charge in [0.2, 0.25) is 0 Å². The van der Waals surface area contributed by atoms with E-state index in [1.807, 2.05) is 24.3 Å². The summed E-state index contributed by atoms with van der Waals surface area (Å²) in [5.74, 6) is -0.410. The number of hydroxylamine groups is 1. The van der Waals surface area contributed by atoms with E-state index in [1.54, 1.807) is 12.3 Å². The fourth-order valence-corrected chi connectivity index (χ4v) is 5.35. The van der Waals surface area contributed by atoms with Crippen molar-refractivity contribution in [2.75, 3.05) is 12.9 Å². The molecule has 36 heavy (non-hydrogen) atoms. The molecule has 9 nitrogen and oxygen atoms in total. The van der Waals surface area contributed by atoms with Crippen LogP contribution in [0.1, 0.15) is 56.9 Å². The molecule has 2 N–H and O–H groups in total. The van der Waals surface area contributed by atoms with Gasteiger partial charge >= 0.3 is 0 Å². The Labute approximate surface area is 211 Å². The largest absolute Gasteiger partial charge is 0.393 e. The van der Waals surface area contributed by atoms with Gasteiger partial charge in [-0.25, -0.2) is 18.7 Å². The molecule has 2 aromatic rings. The van der Waals surface area contributed by atoms with Gasteiger partial charge in [-0.2, -0.15) is 0 Å². The Morgan fingerprint density at radius 1 is 1.19 bits per heavy atom. The molecule has 4 rings (SSSR count). The fraction of sp³-hybridized carbons (Fsp3) is 0.538. The minimum atomic E-state index is -3.83. The molecular formula is C26H34N2O7S. The van der Waals surface area contributed by atoms with E-state index in [4.69, 9.17) is 9.57 Å². The molecule has 2 heterocycles. The first-order valence-corrected chi connectivity index (χ1v) is 14.2. The molecule has 1 aliphatic carbocycles. The number of aliphatic hydroxyl groups excluding tert-OH is 1. The maximum absolute atomic E-state index is 12.8. The number of ether oxygens (including phenoxy) is 1. The Morgan fingerprint density at radius 3 is 2.50 bits per heavy atom. The number of hydrogen-bond acceptors (Lipinski definition) is 7. The first-order chi connectivity index (χ1) is 17.1. The lowest BCUT2D eigenvalue weighted by atomic mass is 9.77. The Morgan fingerprint density at radius 2 is 1.92 bits per heavy atom. The van der Waals surface area contributed by atoms with Gasteiger partial charge in [-0.1, -0.05) is 24.3 Å². The van der Waals surface area contributed by atoms with Crippen LogP contribution in [0.25, 0.3) is 11.1 Å². The van der Waals surface area contributed by atoms with Crippen molar-refractivity contribution in [3.63, 3.8) is 0 Å². The standard InChI is InChI=1S/C26H34N2O7S/c1-26(36(2,32)33,25(31)27-35-24-5-3-4-14-34-24)11-13-28-12-10-20(17-23(28)30)18-6-8-19(9-7-18)21-15-22(29)16-21/h6-10,12,17,21-22,24,29H,3-5,11,13-16H2,1-2H3,(H,27,31)/t21-,22-,24?,26-/m1/s1. The highest BCUT2D eigenvalue weighted by Crippen LogP contribution is 2.37. The first-order valence-electron chi connectivity index (χ1n) is 12.3. The number of aliphatic hydroxyl groups is 1. The number of nitrogens with zero attached hydrogens (tertiary/aromatic N) is 1. The number of benzene rings is 1. The van der Waals surface area contributed by atoms with Crippen molar-refractivity contribution in [1.82, 2.24) is 10.0 Å². The van der Waals surface area contributed by atoms with Gasteiger partial charge in [-0.15, -0.1) is 0 Å². The highest BCUT2D eigenvalue weighted by atomic mass is 32.2. The molecule has 2 aliphatic rings. The van der Waals surface area contributed by atoms with E-state index in [-0.39, 0.29) is 24.6 Å². The van der Waals surface area contributed by atoms with Crippen molar-refractivity contribution in [1.29, 1.82) is 0 Å².